The fourth-order valence-corrected chi connectivity index (χ4v) is 1.69. The van der Waals surface area contributed by atoms with Gasteiger partial charge in [-0.1, -0.05) is 0 Å². The normalized spacial score (nSPS) is 11.1. The molecule has 6 heteroatoms. The molecule has 3 nitrogen and oxygen atoms in total. The van der Waals surface area contributed by atoms with Crippen LogP contribution in [0.4, 0.5) is 24.5 Å². The molecule has 0 bridgehead atoms. The lowest BCUT2D eigenvalue weighted by molar-refractivity contribution is -0.137. The van der Waals surface area contributed by atoms with E-state index in [1.54, 1.807) is 6.92 Å². The Kier molecular flexibility index (Phi) is 4.43. The predicted molar refractivity (Wildman–Crippen MR) is 64.0 cm³/mol. The molecule has 98 valence electrons. The molecule has 0 aliphatic carbocycles. The molecule has 0 saturated carbocycles. The Bertz CT molecular complexity index is 449. The summed E-state index contributed by atoms with van der Waals surface area (Å²) in [6, 6.07) is 5.62. The molecule has 0 atom stereocenters. The van der Waals surface area contributed by atoms with Gasteiger partial charge in [0.2, 0.25) is 0 Å². The average molecular weight is 257 g/mol. The first kappa shape index (κ1) is 14.2. The van der Waals surface area contributed by atoms with Gasteiger partial charge in [0.25, 0.3) is 0 Å². The topological polar surface area (TPSA) is 53.0 Å². The fraction of sp³-hybridized carbons (Fsp3) is 0.417. The van der Waals surface area contributed by atoms with Crippen molar-refractivity contribution in [3.8, 4) is 6.07 Å². The lowest BCUT2D eigenvalue weighted by Crippen LogP contribution is -2.26. The third-order valence-electron chi connectivity index (χ3n) is 2.54. The quantitative estimate of drug-likeness (QED) is 0.843. The van der Waals surface area contributed by atoms with Gasteiger partial charge in [0.15, 0.2) is 0 Å². The van der Waals surface area contributed by atoms with Gasteiger partial charge in [-0.2, -0.15) is 18.4 Å². The number of halogens is 3. The van der Waals surface area contributed by atoms with Crippen LogP contribution in [0.3, 0.4) is 0 Å². The van der Waals surface area contributed by atoms with E-state index in [1.165, 1.54) is 17.0 Å². The molecular formula is C12H14F3N3. The highest BCUT2D eigenvalue weighted by atomic mass is 19.4. The summed E-state index contributed by atoms with van der Waals surface area (Å²) in [4.78, 5) is 1.52. The number of hydrogen-bond donors (Lipinski definition) is 1. The Morgan fingerprint density at radius 1 is 1.39 bits per heavy atom. The van der Waals surface area contributed by atoms with E-state index in [4.69, 9.17) is 11.0 Å². The van der Waals surface area contributed by atoms with Crippen LogP contribution in [0.2, 0.25) is 0 Å². The maximum Gasteiger partial charge on any atom is 0.418 e. The van der Waals surface area contributed by atoms with Gasteiger partial charge in [-0.15, -0.1) is 0 Å². The minimum Gasteiger partial charge on any atom is -0.399 e. The first-order valence-electron chi connectivity index (χ1n) is 5.48. The Morgan fingerprint density at radius 2 is 2.06 bits per heavy atom. The molecule has 0 spiro atoms. The van der Waals surface area contributed by atoms with Crippen LogP contribution < -0.4 is 10.6 Å². The van der Waals surface area contributed by atoms with Gasteiger partial charge in [0.1, 0.15) is 0 Å². The van der Waals surface area contributed by atoms with Crippen LogP contribution in [0.5, 0.6) is 0 Å². The summed E-state index contributed by atoms with van der Waals surface area (Å²) < 4.78 is 38.7. The smallest absolute Gasteiger partial charge is 0.399 e. The Hall–Kier alpha value is -1.90. The van der Waals surface area contributed by atoms with E-state index in [-0.39, 0.29) is 24.3 Å². The van der Waals surface area contributed by atoms with Crippen LogP contribution in [0.1, 0.15) is 18.9 Å². The number of nitrogens with two attached hydrogens (primary N) is 1. The molecule has 1 aromatic rings. The number of benzene rings is 1. The van der Waals surface area contributed by atoms with Crippen molar-refractivity contribution >= 4 is 11.4 Å². The minimum atomic E-state index is -4.45. The molecular weight excluding hydrogens is 243 g/mol. The van der Waals surface area contributed by atoms with Crippen molar-refractivity contribution in [2.75, 3.05) is 23.7 Å². The predicted octanol–water partition coefficient (Wildman–Crippen LogP) is 3.03. The van der Waals surface area contributed by atoms with Crippen molar-refractivity contribution in [1.29, 1.82) is 5.26 Å². The average Bonchev–Trinajstić information content (AvgIpc) is 2.30. The summed E-state index contributed by atoms with van der Waals surface area (Å²) in [5.74, 6) is 0. The maximum absolute atomic E-state index is 12.9. The van der Waals surface area contributed by atoms with Gasteiger partial charge in [0.05, 0.1) is 18.1 Å². The highest BCUT2D eigenvalue weighted by Crippen LogP contribution is 2.37. The van der Waals surface area contributed by atoms with Crippen LogP contribution in [-0.4, -0.2) is 13.1 Å². The SMILES string of the molecule is CCN(CCC#N)c1ccc(N)cc1C(F)(F)F. The number of nitrogen functional groups attached to an aromatic ring is 1. The third kappa shape index (κ3) is 3.29. The number of hydrogen-bond acceptors (Lipinski definition) is 3. The second-order valence-corrected chi connectivity index (χ2v) is 3.76. The largest absolute Gasteiger partial charge is 0.418 e. The Labute approximate surface area is 104 Å². The van der Waals surface area contributed by atoms with E-state index in [2.05, 4.69) is 0 Å². The van der Waals surface area contributed by atoms with Crippen molar-refractivity contribution in [2.45, 2.75) is 19.5 Å². The minimum absolute atomic E-state index is 0.0643. The number of nitrogens with zero attached hydrogens (tertiary/aromatic N) is 2. The van der Waals surface area contributed by atoms with E-state index >= 15 is 0 Å². The summed E-state index contributed by atoms with van der Waals surface area (Å²) in [5, 5.41) is 8.51. The summed E-state index contributed by atoms with van der Waals surface area (Å²) in [5.41, 5.74) is 4.77. The standard InChI is InChI=1S/C12H14F3N3/c1-2-18(7-3-6-16)11-5-4-9(17)8-10(11)12(13,14)15/h4-5,8H,2-3,7,17H2,1H3. The van der Waals surface area contributed by atoms with E-state index in [9.17, 15) is 13.2 Å². The fourth-order valence-electron chi connectivity index (χ4n) is 1.69. The van der Waals surface area contributed by atoms with Crippen LogP contribution >= 0.6 is 0 Å². The van der Waals surface area contributed by atoms with E-state index < -0.39 is 11.7 Å². The molecule has 0 radical (unpaired) electrons. The van der Waals surface area contributed by atoms with Crippen LogP contribution in [0.15, 0.2) is 18.2 Å². The van der Waals surface area contributed by atoms with Crippen LogP contribution in [0, 0.1) is 11.3 Å². The van der Waals surface area contributed by atoms with Crippen LogP contribution in [0.25, 0.3) is 0 Å². The Morgan fingerprint density at radius 3 is 2.56 bits per heavy atom. The first-order valence-corrected chi connectivity index (χ1v) is 5.48. The summed E-state index contributed by atoms with van der Waals surface area (Å²) in [6.07, 6.45) is -4.28. The lowest BCUT2D eigenvalue weighted by Gasteiger charge is -2.25. The molecule has 2 N–H and O–H groups in total. The molecule has 1 aromatic carbocycles. The second kappa shape index (κ2) is 5.63. The zero-order valence-electron chi connectivity index (χ0n) is 9.96. The van der Waals surface area contributed by atoms with Crippen molar-refractivity contribution in [1.82, 2.24) is 0 Å². The van der Waals surface area contributed by atoms with Gasteiger partial charge < -0.3 is 10.6 Å². The second-order valence-electron chi connectivity index (χ2n) is 3.76. The first-order chi connectivity index (χ1) is 8.40. The van der Waals surface area contributed by atoms with Crippen molar-refractivity contribution < 1.29 is 13.2 Å². The van der Waals surface area contributed by atoms with Crippen molar-refractivity contribution in [2.24, 2.45) is 0 Å². The van der Waals surface area contributed by atoms with Crippen LogP contribution in [-0.2, 0) is 6.18 Å². The molecule has 0 amide bonds. The summed E-state index contributed by atoms with van der Waals surface area (Å²) in [6.45, 7) is 2.41. The molecule has 0 fully saturated rings. The highest BCUT2D eigenvalue weighted by molar-refractivity contribution is 5.60. The van der Waals surface area contributed by atoms with Gasteiger partial charge >= 0.3 is 6.18 Å². The third-order valence-corrected chi connectivity index (χ3v) is 2.54. The molecule has 0 aromatic heterocycles. The summed E-state index contributed by atoms with van der Waals surface area (Å²) >= 11 is 0. The number of alkyl halides is 3. The van der Waals surface area contributed by atoms with Gasteiger partial charge in [-0.25, -0.2) is 0 Å². The monoisotopic (exact) mass is 257 g/mol. The molecule has 0 aliphatic rings. The zero-order valence-corrected chi connectivity index (χ0v) is 9.96. The van der Waals surface area contributed by atoms with Gasteiger partial charge in [0, 0.05) is 24.5 Å². The van der Waals surface area contributed by atoms with E-state index in [1.807, 2.05) is 6.07 Å². The summed E-state index contributed by atoms with van der Waals surface area (Å²) in [7, 11) is 0. The number of rotatable bonds is 4. The lowest BCUT2D eigenvalue weighted by atomic mass is 10.1. The van der Waals surface area contributed by atoms with Gasteiger partial charge in [-0.05, 0) is 25.1 Å². The zero-order chi connectivity index (χ0) is 13.8. The Balaban J connectivity index is 3.18. The highest BCUT2D eigenvalue weighted by Gasteiger charge is 2.34. The number of anilines is 2. The molecule has 0 unspecified atom stereocenters. The van der Waals surface area contributed by atoms with Gasteiger partial charge in [-0.3, -0.25) is 0 Å². The molecule has 0 aliphatic heterocycles. The maximum atomic E-state index is 12.9. The van der Waals surface area contributed by atoms with E-state index in [0.29, 0.717) is 6.54 Å². The number of nitriles is 1. The van der Waals surface area contributed by atoms with Crippen molar-refractivity contribution in [3.05, 3.63) is 23.8 Å². The molecule has 0 saturated heterocycles. The van der Waals surface area contributed by atoms with Crippen molar-refractivity contribution in [3.63, 3.8) is 0 Å². The molecule has 0 heterocycles. The van der Waals surface area contributed by atoms with E-state index in [0.717, 1.165) is 6.07 Å². The molecule has 1 rings (SSSR count). The molecule has 18 heavy (non-hydrogen) atoms.